The highest BCUT2D eigenvalue weighted by Crippen LogP contribution is 2.44. The molecule has 2 aliphatic heterocycles. The number of amidine groups is 1. The highest BCUT2D eigenvalue weighted by molar-refractivity contribution is 8.13. The third kappa shape index (κ3) is 2.60. The van der Waals surface area contributed by atoms with Crippen molar-refractivity contribution in [3.63, 3.8) is 0 Å². The second kappa shape index (κ2) is 5.10. The third-order valence-electron chi connectivity index (χ3n) is 3.68. The molecule has 0 spiro atoms. The van der Waals surface area contributed by atoms with Gasteiger partial charge >= 0.3 is 5.97 Å². The van der Waals surface area contributed by atoms with Crippen molar-refractivity contribution in [3.05, 3.63) is 12.7 Å². The molecule has 5 heteroatoms. The molecule has 2 atom stereocenters. The average molecular weight is 296 g/mol. The van der Waals surface area contributed by atoms with Crippen LogP contribution in [0.25, 0.3) is 0 Å². The number of rotatable bonds is 3. The molecule has 2 heterocycles. The van der Waals surface area contributed by atoms with Gasteiger partial charge < -0.3 is 4.74 Å². The second-order valence-electron chi connectivity index (χ2n) is 6.64. The van der Waals surface area contributed by atoms with Gasteiger partial charge in [-0.05, 0) is 26.7 Å². The van der Waals surface area contributed by atoms with Crippen molar-refractivity contribution in [1.82, 2.24) is 4.90 Å². The van der Waals surface area contributed by atoms with E-state index < -0.39 is 5.72 Å². The highest BCUT2D eigenvalue weighted by atomic mass is 32.2. The minimum absolute atomic E-state index is 0.132. The molecule has 0 saturated carbocycles. The van der Waals surface area contributed by atoms with Gasteiger partial charge in [0, 0.05) is 12.2 Å². The zero-order valence-corrected chi connectivity index (χ0v) is 13.8. The molecular weight excluding hydrogens is 272 g/mol. The summed E-state index contributed by atoms with van der Waals surface area (Å²) in [5.41, 5.74) is -0.804. The molecule has 2 rings (SSSR count). The lowest BCUT2D eigenvalue weighted by atomic mass is 9.90. The Hall–Kier alpha value is -0.970. The van der Waals surface area contributed by atoms with Crippen LogP contribution in [-0.2, 0) is 9.53 Å². The van der Waals surface area contributed by atoms with Crippen LogP contribution in [0.2, 0.25) is 0 Å². The Morgan fingerprint density at radius 3 is 2.75 bits per heavy atom. The van der Waals surface area contributed by atoms with E-state index in [0.29, 0.717) is 6.42 Å². The fraction of sp³-hybridized carbons (Fsp3) is 0.733. The van der Waals surface area contributed by atoms with Gasteiger partial charge in [-0.25, -0.2) is 4.79 Å². The van der Waals surface area contributed by atoms with E-state index in [1.807, 2.05) is 26.8 Å². The van der Waals surface area contributed by atoms with Crippen LogP contribution in [0.1, 0.15) is 41.0 Å². The molecule has 2 aliphatic rings. The van der Waals surface area contributed by atoms with Gasteiger partial charge in [-0.1, -0.05) is 31.7 Å². The van der Waals surface area contributed by atoms with Gasteiger partial charge in [-0.15, -0.1) is 6.58 Å². The van der Waals surface area contributed by atoms with E-state index in [9.17, 15) is 4.79 Å². The van der Waals surface area contributed by atoms with Crippen LogP contribution in [-0.4, -0.2) is 39.1 Å². The van der Waals surface area contributed by atoms with Crippen molar-refractivity contribution >= 4 is 22.9 Å². The molecule has 4 nitrogen and oxygen atoms in total. The number of carbonyl (C=O) groups excluding carboxylic acids is 1. The molecule has 0 aliphatic carbocycles. The molecular formula is C15H24N2O2S. The Bertz CT molecular complexity index is 459. The molecule has 0 bridgehead atoms. The number of hydrogen-bond acceptors (Lipinski definition) is 5. The average Bonchev–Trinajstić information content (AvgIpc) is 2.54. The standard InChI is InChI=1S/C15H24N2O2S/c1-7-8-20-13-16-14(4,5)9-15(6)17(13)11(10(2)3)12(18)19-15/h7,10-11H,1,8-9H2,2-6H3. The SMILES string of the molecule is C=CCSC1=NC(C)(C)CC2(C)OC(=O)C(C(C)C)N12. The molecule has 2 unspecified atom stereocenters. The smallest absolute Gasteiger partial charge is 0.331 e. The van der Waals surface area contributed by atoms with E-state index in [2.05, 4.69) is 25.3 Å². The van der Waals surface area contributed by atoms with Gasteiger partial charge in [0.2, 0.25) is 0 Å². The minimum atomic E-state index is -0.583. The topological polar surface area (TPSA) is 41.9 Å². The molecule has 1 fully saturated rings. The minimum Gasteiger partial charge on any atom is -0.437 e. The molecule has 0 N–H and O–H groups in total. The van der Waals surface area contributed by atoms with Gasteiger partial charge in [0.25, 0.3) is 0 Å². The normalized spacial score (nSPS) is 31.9. The van der Waals surface area contributed by atoms with E-state index in [4.69, 9.17) is 9.73 Å². The van der Waals surface area contributed by atoms with Crippen LogP contribution >= 0.6 is 11.8 Å². The Morgan fingerprint density at radius 2 is 2.20 bits per heavy atom. The summed E-state index contributed by atoms with van der Waals surface area (Å²) < 4.78 is 5.74. The van der Waals surface area contributed by atoms with Gasteiger partial charge in [-0.2, -0.15) is 0 Å². The lowest BCUT2D eigenvalue weighted by molar-refractivity contribution is -0.152. The predicted molar refractivity (Wildman–Crippen MR) is 83.7 cm³/mol. The maximum atomic E-state index is 12.3. The van der Waals surface area contributed by atoms with E-state index in [1.54, 1.807) is 11.8 Å². The maximum absolute atomic E-state index is 12.3. The summed E-state index contributed by atoms with van der Waals surface area (Å²) in [7, 11) is 0. The number of esters is 1. The van der Waals surface area contributed by atoms with Crippen molar-refractivity contribution in [1.29, 1.82) is 0 Å². The van der Waals surface area contributed by atoms with Gasteiger partial charge in [0.05, 0.1) is 5.54 Å². The van der Waals surface area contributed by atoms with Crippen molar-refractivity contribution < 1.29 is 9.53 Å². The summed E-state index contributed by atoms with van der Waals surface area (Å²) in [6, 6.07) is -0.243. The molecule has 0 radical (unpaired) electrons. The monoisotopic (exact) mass is 296 g/mol. The number of aliphatic imine (C=N–C) groups is 1. The van der Waals surface area contributed by atoms with Crippen molar-refractivity contribution in [2.45, 2.75) is 58.3 Å². The van der Waals surface area contributed by atoms with E-state index in [1.165, 1.54) is 0 Å². The van der Waals surface area contributed by atoms with Crippen molar-refractivity contribution in [2.24, 2.45) is 10.9 Å². The molecule has 0 aromatic rings. The first kappa shape index (κ1) is 15.4. The van der Waals surface area contributed by atoms with Crippen LogP contribution in [0.5, 0.6) is 0 Å². The van der Waals surface area contributed by atoms with Crippen LogP contribution in [0.15, 0.2) is 17.6 Å². The summed E-state index contributed by atoms with van der Waals surface area (Å²) in [6.07, 6.45) is 2.57. The van der Waals surface area contributed by atoms with Crippen LogP contribution in [0, 0.1) is 5.92 Å². The van der Waals surface area contributed by atoms with E-state index >= 15 is 0 Å². The number of ether oxygens (including phenoxy) is 1. The summed E-state index contributed by atoms with van der Waals surface area (Å²) in [4.78, 5) is 19.2. The van der Waals surface area contributed by atoms with Crippen LogP contribution in [0.3, 0.4) is 0 Å². The molecule has 1 saturated heterocycles. The van der Waals surface area contributed by atoms with Gasteiger partial charge in [0.1, 0.15) is 6.04 Å². The van der Waals surface area contributed by atoms with Crippen LogP contribution in [0.4, 0.5) is 0 Å². The Kier molecular flexibility index (Phi) is 3.93. The molecule has 20 heavy (non-hydrogen) atoms. The Morgan fingerprint density at radius 1 is 1.55 bits per heavy atom. The number of nitrogens with zero attached hydrogens (tertiary/aromatic N) is 2. The fourth-order valence-corrected chi connectivity index (χ4v) is 4.15. The molecule has 112 valence electrons. The fourth-order valence-electron chi connectivity index (χ4n) is 3.13. The lowest BCUT2D eigenvalue weighted by Gasteiger charge is -2.45. The third-order valence-corrected chi connectivity index (χ3v) is 4.63. The largest absolute Gasteiger partial charge is 0.437 e. The first-order chi connectivity index (χ1) is 9.20. The summed E-state index contributed by atoms with van der Waals surface area (Å²) in [5, 5.41) is 0.896. The Balaban J connectivity index is 2.44. The summed E-state index contributed by atoms with van der Waals surface area (Å²) >= 11 is 1.62. The number of fused-ring (bicyclic) bond motifs is 1. The summed E-state index contributed by atoms with van der Waals surface area (Å²) in [6.45, 7) is 14.0. The first-order valence-electron chi connectivity index (χ1n) is 7.06. The van der Waals surface area contributed by atoms with Crippen molar-refractivity contribution in [2.75, 3.05) is 5.75 Å². The highest BCUT2D eigenvalue weighted by Gasteiger charge is 2.57. The zero-order valence-electron chi connectivity index (χ0n) is 13.0. The number of thioether (sulfide) groups is 1. The first-order valence-corrected chi connectivity index (χ1v) is 8.04. The van der Waals surface area contributed by atoms with Crippen molar-refractivity contribution in [3.8, 4) is 0 Å². The zero-order chi connectivity index (χ0) is 15.1. The van der Waals surface area contributed by atoms with Crippen LogP contribution < -0.4 is 0 Å². The van der Waals surface area contributed by atoms with E-state index in [0.717, 1.165) is 10.9 Å². The Labute approximate surface area is 125 Å². The quantitative estimate of drug-likeness (QED) is 0.593. The lowest BCUT2D eigenvalue weighted by Crippen LogP contribution is -2.56. The maximum Gasteiger partial charge on any atom is 0.331 e. The predicted octanol–water partition coefficient (Wildman–Crippen LogP) is 3.04. The second-order valence-corrected chi connectivity index (χ2v) is 7.63. The van der Waals surface area contributed by atoms with Gasteiger partial charge in [0.15, 0.2) is 10.9 Å². The van der Waals surface area contributed by atoms with Gasteiger partial charge in [-0.3, -0.25) is 9.89 Å². The molecule has 0 aromatic carbocycles. The number of carbonyl (C=O) groups is 1. The summed E-state index contributed by atoms with van der Waals surface area (Å²) in [5.74, 6) is 0.840. The molecule has 0 amide bonds. The number of hydrogen-bond donors (Lipinski definition) is 0. The molecule has 0 aromatic heterocycles. The van der Waals surface area contributed by atoms with E-state index in [-0.39, 0.29) is 23.5 Å².